The number of hydrogen-bond donors (Lipinski definition) is 6. The summed E-state index contributed by atoms with van der Waals surface area (Å²) in [6, 6.07) is -1.45. The summed E-state index contributed by atoms with van der Waals surface area (Å²) >= 11 is 0. The van der Waals surface area contributed by atoms with Crippen molar-refractivity contribution in [2.75, 3.05) is 6.54 Å². The zero-order valence-electron chi connectivity index (χ0n) is 8.89. The van der Waals surface area contributed by atoms with Crippen LogP contribution in [0.3, 0.4) is 0 Å². The fraction of sp³-hybridized carbons (Fsp3) is 0.667. The minimum Gasteiger partial charge on any atom is -0.480 e. The molecule has 0 aromatic heterocycles. The average molecular weight is 274 g/mol. The van der Waals surface area contributed by atoms with Crippen LogP contribution in [-0.2, 0) is 18.7 Å². The molecule has 0 rings (SSSR count). The molecule has 0 amide bonds. The van der Waals surface area contributed by atoms with Crippen molar-refractivity contribution in [2.45, 2.75) is 19.1 Å². The Balaban J connectivity index is 0. The maximum Gasteiger partial charge on any atom is 0.469 e. The first-order valence-electron chi connectivity index (χ1n) is 4.15. The maximum atomic E-state index is 10.2. The van der Waals surface area contributed by atoms with Crippen LogP contribution in [0.15, 0.2) is 0 Å². The van der Waals surface area contributed by atoms with E-state index in [-0.39, 0.29) is 6.54 Å². The number of phosphoric acid groups is 1. The highest BCUT2D eigenvalue weighted by molar-refractivity contribution is 7.46. The Kier molecular flexibility index (Phi) is 8.76. The summed E-state index contributed by atoms with van der Waals surface area (Å²) < 4.78 is 14.2. The molecule has 17 heavy (non-hydrogen) atoms. The predicted molar refractivity (Wildman–Crippen MR) is 54.9 cm³/mol. The topological polar surface area (TPSA) is 193 Å². The van der Waals surface area contributed by atoms with Crippen LogP contribution in [0.1, 0.15) is 6.92 Å². The van der Waals surface area contributed by atoms with Gasteiger partial charge in [0.2, 0.25) is 0 Å². The molecule has 0 aromatic carbocycles. The third-order valence-corrected chi connectivity index (χ3v) is 1.88. The van der Waals surface area contributed by atoms with Gasteiger partial charge in [0, 0.05) is 0 Å². The van der Waals surface area contributed by atoms with Crippen molar-refractivity contribution in [3.8, 4) is 0 Å². The van der Waals surface area contributed by atoms with Gasteiger partial charge in [-0.3, -0.25) is 14.1 Å². The molecule has 0 aliphatic heterocycles. The number of rotatable bonds is 5. The largest absolute Gasteiger partial charge is 0.480 e. The fourth-order valence-electron chi connectivity index (χ4n) is 0.483. The van der Waals surface area contributed by atoms with Crippen molar-refractivity contribution in [1.29, 1.82) is 0 Å². The van der Waals surface area contributed by atoms with Crippen molar-refractivity contribution in [3.63, 3.8) is 0 Å². The molecule has 11 heteroatoms. The minimum atomic E-state index is -4.66. The quantitative estimate of drug-likeness (QED) is 0.303. The van der Waals surface area contributed by atoms with Gasteiger partial charge >= 0.3 is 19.8 Å². The van der Waals surface area contributed by atoms with E-state index >= 15 is 0 Å². The minimum absolute atomic E-state index is 0.278. The second kappa shape index (κ2) is 8.12. The molecule has 2 atom stereocenters. The van der Waals surface area contributed by atoms with Crippen molar-refractivity contribution < 1.29 is 38.7 Å². The second-order valence-corrected chi connectivity index (χ2v) is 3.95. The summed E-state index contributed by atoms with van der Waals surface area (Å²) in [6.45, 7) is 0.887. The van der Waals surface area contributed by atoms with E-state index in [0.29, 0.717) is 0 Å². The van der Waals surface area contributed by atoms with E-state index in [1.54, 1.807) is 0 Å². The first-order valence-corrected chi connectivity index (χ1v) is 5.68. The molecular formula is C6H15N2O8P. The molecule has 0 bridgehead atoms. The van der Waals surface area contributed by atoms with Crippen LogP contribution in [0.2, 0.25) is 0 Å². The van der Waals surface area contributed by atoms with Crippen molar-refractivity contribution >= 4 is 19.8 Å². The molecule has 0 saturated carbocycles. The summed E-state index contributed by atoms with van der Waals surface area (Å²) in [5.41, 5.74) is 9.57. The van der Waals surface area contributed by atoms with Crippen LogP contribution >= 0.6 is 7.82 Å². The molecule has 0 aliphatic carbocycles. The third kappa shape index (κ3) is 12.9. The molecule has 0 unspecified atom stereocenters. The molecule has 0 spiro atoms. The highest BCUT2D eigenvalue weighted by atomic mass is 31.2. The molecule has 10 nitrogen and oxygen atoms in total. The Morgan fingerprint density at radius 2 is 1.71 bits per heavy atom. The van der Waals surface area contributed by atoms with Crippen LogP contribution < -0.4 is 11.5 Å². The smallest absolute Gasteiger partial charge is 0.469 e. The highest BCUT2D eigenvalue weighted by Gasteiger charge is 2.27. The zero-order chi connectivity index (χ0) is 14.2. The van der Waals surface area contributed by atoms with Gasteiger partial charge in [0.05, 0.1) is 12.6 Å². The van der Waals surface area contributed by atoms with Gasteiger partial charge in [-0.2, -0.15) is 0 Å². The number of carboxylic acids is 2. The standard InChI is InChI=1S/C4H10NO6P.C2H5NO2/c1-2(3(5)4(6)7)11-12(8,9)10;3-1-2(4)5/h2-3H,5H2,1H3,(H,6,7)(H2,8,9,10);1,3H2,(H,4,5)/t2-,3+;/m1./s1. The fourth-order valence-corrected chi connectivity index (χ4v) is 1.05. The lowest BCUT2D eigenvalue weighted by Gasteiger charge is -2.16. The number of nitrogens with two attached hydrogens (primary N) is 2. The number of carboxylic acid groups (broad SMARTS) is 2. The van der Waals surface area contributed by atoms with Crippen LogP contribution in [0.4, 0.5) is 0 Å². The number of carbonyl (C=O) groups is 2. The van der Waals surface area contributed by atoms with Gasteiger partial charge in [0.25, 0.3) is 0 Å². The average Bonchev–Trinajstić information content (AvgIpc) is 2.14. The van der Waals surface area contributed by atoms with E-state index in [4.69, 9.17) is 25.7 Å². The summed E-state index contributed by atoms with van der Waals surface area (Å²) in [5.74, 6) is -2.35. The molecule has 0 radical (unpaired) electrons. The van der Waals surface area contributed by atoms with Gasteiger partial charge in [-0.15, -0.1) is 0 Å². The summed E-state index contributed by atoms with van der Waals surface area (Å²) in [6.07, 6.45) is -1.23. The molecule has 0 aliphatic rings. The Morgan fingerprint density at radius 1 is 1.35 bits per heavy atom. The molecule has 0 heterocycles. The van der Waals surface area contributed by atoms with Gasteiger partial charge in [-0.25, -0.2) is 4.57 Å². The van der Waals surface area contributed by atoms with E-state index in [9.17, 15) is 14.2 Å². The molecular weight excluding hydrogens is 259 g/mol. The summed E-state index contributed by atoms with van der Waals surface area (Å²) in [7, 11) is -4.66. The Bertz CT molecular complexity index is 302. The molecule has 0 fully saturated rings. The monoisotopic (exact) mass is 274 g/mol. The van der Waals surface area contributed by atoms with Crippen LogP contribution in [0.5, 0.6) is 0 Å². The third-order valence-electron chi connectivity index (χ3n) is 1.27. The van der Waals surface area contributed by atoms with E-state index in [2.05, 4.69) is 10.3 Å². The van der Waals surface area contributed by atoms with Gasteiger partial charge in [-0.1, -0.05) is 0 Å². The molecule has 102 valence electrons. The van der Waals surface area contributed by atoms with Crippen molar-refractivity contribution in [2.24, 2.45) is 11.5 Å². The Labute approximate surface area is 96.4 Å². The van der Waals surface area contributed by atoms with Crippen LogP contribution in [-0.4, -0.2) is 50.6 Å². The summed E-state index contributed by atoms with van der Waals surface area (Å²) in [5, 5.41) is 15.9. The van der Waals surface area contributed by atoms with Crippen LogP contribution in [0, 0.1) is 0 Å². The van der Waals surface area contributed by atoms with Crippen molar-refractivity contribution in [3.05, 3.63) is 0 Å². The highest BCUT2D eigenvalue weighted by Crippen LogP contribution is 2.37. The van der Waals surface area contributed by atoms with Gasteiger partial charge < -0.3 is 31.5 Å². The van der Waals surface area contributed by atoms with E-state index in [0.717, 1.165) is 6.92 Å². The van der Waals surface area contributed by atoms with E-state index in [1.165, 1.54) is 0 Å². The lowest BCUT2D eigenvalue weighted by atomic mass is 10.2. The Morgan fingerprint density at radius 3 is 1.88 bits per heavy atom. The second-order valence-electron chi connectivity index (χ2n) is 2.76. The van der Waals surface area contributed by atoms with E-state index in [1.807, 2.05) is 0 Å². The first kappa shape index (κ1) is 18.3. The number of phosphoric ester groups is 1. The van der Waals surface area contributed by atoms with Gasteiger partial charge in [-0.05, 0) is 6.92 Å². The molecule has 0 aromatic rings. The SMILES string of the molecule is C[C@@H](OP(=O)(O)O)[C@H](N)C(=O)O.NCC(=O)O. The van der Waals surface area contributed by atoms with E-state index < -0.39 is 31.9 Å². The zero-order valence-corrected chi connectivity index (χ0v) is 9.78. The maximum absolute atomic E-state index is 10.2. The lowest BCUT2D eigenvalue weighted by Crippen LogP contribution is -2.41. The lowest BCUT2D eigenvalue weighted by molar-refractivity contribution is -0.140. The van der Waals surface area contributed by atoms with Crippen molar-refractivity contribution in [1.82, 2.24) is 0 Å². The number of hydrogen-bond acceptors (Lipinski definition) is 6. The summed E-state index contributed by atoms with van der Waals surface area (Å²) in [4.78, 5) is 35.9. The predicted octanol–water partition coefficient (Wildman–Crippen LogP) is -2.07. The van der Waals surface area contributed by atoms with Gasteiger partial charge in [0.15, 0.2) is 0 Å². The van der Waals surface area contributed by atoms with Crippen LogP contribution in [0.25, 0.3) is 0 Å². The molecule has 0 saturated heterocycles. The first-order chi connectivity index (χ1) is 7.51. The normalized spacial score (nSPS) is 14.2. The number of aliphatic carboxylic acids is 2. The Hall–Kier alpha value is -1.03. The molecule has 8 N–H and O–H groups in total. The van der Waals surface area contributed by atoms with Gasteiger partial charge in [0.1, 0.15) is 6.04 Å².